The van der Waals surface area contributed by atoms with E-state index >= 15 is 0 Å². The van der Waals surface area contributed by atoms with Crippen LogP contribution in [0.5, 0.6) is 0 Å². The van der Waals surface area contributed by atoms with Gasteiger partial charge in [-0.25, -0.2) is 4.79 Å². The Balaban J connectivity index is 1.84. The van der Waals surface area contributed by atoms with Crippen LogP contribution >= 0.6 is 0 Å². The standard InChI is InChI=1S/C37H56O9/c1-20(33(41)42)12-13-27(44-22(3)38)21(2)26-18-31(46-24(5)40)37(10)32-25(14-17-36(26,37)9)35(8)16-15-30(45-23(4)39)34(6,7)29(35)19-28(32)43-11/h12,21,26-31H,13-19H2,1-11H3,(H,41,42)/b20-12+/t21-,26+,27-,28+,29+,30+,31-,35+,36+,37-/m0/s1. The summed E-state index contributed by atoms with van der Waals surface area (Å²) in [7, 11) is 1.76. The highest BCUT2D eigenvalue weighted by atomic mass is 16.6. The Hall–Kier alpha value is -2.68. The number of allylic oxidation sites excluding steroid dienone is 1. The zero-order valence-corrected chi connectivity index (χ0v) is 29.8. The van der Waals surface area contributed by atoms with Crippen molar-refractivity contribution in [3.05, 3.63) is 22.8 Å². The Kier molecular flexibility index (Phi) is 10.0. The number of methoxy groups -OCH3 is 1. The van der Waals surface area contributed by atoms with Crippen molar-refractivity contribution in [2.75, 3.05) is 7.11 Å². The number of aliphatic carboxylic acids is 1. The fraction of sp³-hybridized carbons (Fsp3) is 0.784. The Morgan fingerprint density at radius 2 is 1.52 bits per heavy atom. The molecular weight excluding hydrogens is 588 g/mol. The van der Waals surface area contributed by atoms with Crippen molar-refractivity contribution in [3.8, 4) is 0 Å². The number of hydrogen-bond acceptors (Lipinski definition) is 8. The van der Waals surface area contributed by atoms with Crippen LogP contribution in [0.3, 0.4) is 0 Å². The summed E-state index contributed by atoms with van der Waals surface area (Å²) in [5.41, 5.74) is 1.55. The van der Waals surface area contributed by atoms with Crippen LogP contribution in [-0.2, 0) is 38.1 Å². The van der Waals surface area contributed by atoms with Crippen molar-refractivity contribution in [1.82, 2.24) is 0 Å². The van der Waals surface area contributed by atoms with Crippen molar-refractivity contribution in [2.24, 2.45) is 39.4 Å². The molecule has 0 bridgehead atoms. The number of hydrogen-bond donors (Lipinski definition) is 1. The highest BCUT2D eigenvalue weighted by molar-refractivity contribution is 5.85. The molecule has 0 spiro atoms. The number of esters is 3. The highest BCUT2D eigenvalue weighted by Gasteiger charge is 2.70. The van der Waals surface area contributed by atoms with Gasteiger partial charge in [-0.3, -0.25) is 14.4 Å². The number of carboxylic acid groups (broad SMARTS) is 1. The fourth-order valence-corrected chi connectivity index (χ4v) is 10.6. The molecule has 0 amide bonds. The van der Waals surface area contributed by atoms with E-state index < -0.39 is 29.6 Å². The van der Waals surface area contributed by atoms with E-state index in [2.05, 4.69) is 41.5 Å². The average Bonchev–Trinajstić information content (AvgIpc) is 3.18. The first-order valence-corrected chi connectivity index (χ1v) is 16.9. The first-order chi connectivity index (χ1) is 21.2. The molecule has 4 rings (SSSR count). The molecule has 10 atom stereocenters. The average molecular weight is 645 g/mol. The second-order valence-electron chi connectivity index (χ2n) is 15.8. The molecule has 2 saturated carbocycles. The molecule has 0 radical (unpaired) electrons. The molecule has 0 unspecified atom stereocenters. The smallest absolute Gasteiger partial charge is 0.330 e. The van der Waals surface area contributed by atoms with Crippen LogP contribution in [0.25, 0.3) is 0 Å². The van der Waals surface area contributed by atoms with Crippen LogP contribution in [0.15, 0.2) is 22.8 Å². The highest BCUT2D eigenvalue weighted by Crippen LogP contribution is 2.73. The van der Waals surface area contributed by atoms with Gasteiger partial charge in [-0.2, -0.15) is 0 Å². The van der Waals surface area contributed by atoms with E-state index in [0.717, 1.165) is 32.1 Å². The largest absolute Gasteiger partial charge is 0.478 e. The molecule has 1 N–H and O–H groups in total. The molecule has 0 saturated heterocycles. The third-order valence-electron chi connectivity index (χ3n) is 13.2. The van der Waals surface area contributed by atoms with E-state index in [4.69, 9.17) is 18.9 Å². The minimum Gasteiger partial charge on any atom is -0.478 e. The maximum Gasteiger partial charge on any atom is 0.330 e. The Morgan fingerprint density at radius 3 is 2.07 bits per heavy atom. The van der Waals surface area contributed by atoms with Crippen molar-refractivity contribution in [1.29, 1.82) is 0 Å². The minimum absolute atomic E-state index is 0.0120. The molecule has 2 fully saturated rings. The molecule has 258 valence electrons. The van der Waals surface area contributed by atoms with Gasteiger partial charge in [-0.15, -0.1) is 0 Å². The normalized spacial score (nSPS) is 38.1. The molecule has 0 aliphatic heterocycles. The minimum atomic E-state index is -1.00. The maximum absolute atomic E-state index is 12.7. The number of ether oxygens (including phenoxy) is 4. The molecule has 4 aliphatic rings. The van der Waals surface area contributed by atoms with Gasteiger partial charge in [0.2, 0.25) is 0 Å². The van der Waals surface area contributed by atoms with Gasteiger partial charge in [0.05, 0.1) is 6.10 Å². The number of carbonyl (C=O) groups excluding carboxylic acids is 3. The van der Waals surface area contributed by atoms with E-state index in [1.54, 1.807) is 20.1 Å². The monoisotopic (exact) mass is 644 g/mol. The Labute approximate surface area is 274 Å². The zero-order chi connectivity index (χ0) is 34.6. The molecule has 9 nitrogen and oxygen atoms in total. The molecule has 0 heterocycles. The quantitative estimate of drug-likeness (QED) is 0.125. The van der Waals surface area contributed by atoms with E-state index in [-0.39, 0.29) is 70.1 Å². The summed E-state index contributed by atoms with van der Waals surface area (Å²) in [5.74, 6) is -1.91. The van der Waals surface area contributed by atoms with E-state index in [9.17, 15) is 24.3 Å². The van der Waals surface area contributed by atoms with Crippen molar-refractivity contribution in [2.45, 2.75) is 139 Å². The topological polar surface area (TPSA) is 125 Å². The van der Waals surface area contributed by atoms with Gasteiger partial charge in [0, 0.05) is 50.7 Å². The van der Waals surface area contributed by atoms with E-state index in [0.29, 0.717) is 6.42 Å². The summed E-state index contributed by atoms with van der Waals surface area (Å²) in [5, 5.41) is 9.46. The van der Waals surface area contributed by atoms with Gasteiger partial charge < -0.3 is 24.1 Å². The van der Waals surface area contributed by atoms with Gasteiger partial charge in [-0.1, -0.05) is 53.2 Å². The lowest BCUT2D eigenvalue weighted by Gasteiger charge is -2.64. The van der Waals surface area contributed by atoms with Crippen LogP contribution < -0.4 is 0 Å². The van der Waals surface area contributed by atoms with Gasteiger partial charge in [0.25, 0.3) is 0 Å². The zero-order valence-electron chi connectivity index (χ0n) is 29.8. The van der Waals surface area contributed by atoms with Gasteiger partial charge >= 0.3 is 23.9 Å². The number of carboxylic acids is 1. The third-order valence-corrected chi connectivity index (χ3v) is 13.2. The first kappa shape index (κ1) is 36.2. The number of carbonyl (C=O) groups is 4. The van der Waals surface area contributed by atoms with Crippen LogP contribution in [0.1, 0.15) is 114 Å². The molecule has 4 aliphatic carbocycles. The van der Waals surface area contributed by atoms with Crippen molar-refractivity contribution >= 4 is 23.9 Å². The molecule has 0 aromatic rings. The molecule has 9 heteroatoms. The van der Waals surface area contributed by atoms with Gasteiger partial charge in [-0.05, 0) is 79.6 Å². The van der Waals surface area contributed by atoms with E-state index in [1.807, 2.05) is 0 Å². The maximum atomic E-state index is 12.7. The molecule has 46 heavy (non-hydrogen) atoms. The lowest BCUT2D eigenvalue weighted by molar-refractivity contribution is -0.172. The summed E-state index contributed by atoms with van der Waals surface area (Å²) in [4.78, 5) is 48.6. The lowest BCUT2D eigenvalue weighted by Crippen LogP contribution is -2.60. The van der Waals surface area contributed by atoms with Crippen molar-refractivity contribution in [3.63, 3.8) is 0 Å². The summed E-state index contributed by atoms with van der Waals surface area (Å²) < 4.78 is 24.4. The predicted octanol–water partition coefficient (Wildman–Crippen LogP) is 6.82. The summed E-state index contributed by atoms with van der Waals surface area (Å²) in [6.45, 7) is 19.3. The summed E-state index contributed by atoms with van der Waals surface area (Å²) >= 11 is 0. The SMILES string of the molecule is CO[C@@H]1C[C@@H]2C(C)(C)[C@H](OC(C)=O)CC[C@]2(C)C2=C1[C@]1(C)[C@@H](OC(C)=O)C[C@H]([C@H](C)[C@H](C/C=C(\C)C(=O)O)OC(C)=O)[C@@]1(C)CC2. The summed E-state index contributed by atoms with van der Waals surface area (Å²) in [6.07, 6.45) is 5.36. The third kappa shape index (κ3) is 5.83. The summed E-state index contributed by atoms with van der Waals surface area (Å²) in [6, 6.07) is 0. The second kappa shape index (κ2) is 12.7. The molecule has 0 aromatic carbocycles. The van der Waals surface area contributed by atoms with E-state index in [1.165, 1.54) is 31.9 Å². The van der Waals surface area contributed by atoms with Crippen LogP contribution in [0.4, 0.5) is 0 Å². The number of fused-ring (bicyclic) bond motifs is 4. The number of rotatable bonds is 9. The molecule has 0 aromatic heterocycles. The Bertz CT molecular complexity index is 1310. The fourth-order valence-electron chi connectivity index (χ4n) is 10.6. The lowest BCUT2D eigenvalue weighted by atomic mass is 9.42. The second-order valence-corrected chi connectivity index (χ2v) is 15.8. The predicted molar refractivity (Wildman–Crippen MR) is 172 cm³/mol. The van der Waals surface area contributed by atoms with Crippen LogP contribution in [-0.4, -0.2) is 60.5 Å². The van der Waals surface area contributed by atoms with Crippen LogP contribution in [0, 0.1) is 39.4 Å². The van der Waals surface area contributed by atoms with Crippen LogP contribution in [0.2, 0.25) is 0 Å². The first-order valence-electron chi connectivity index (χ1n) is 16.9. The van der Waals surface area contributed by atoms with Crippen molar-refractivity contribution < 1.29 is 43.2 Å². The van der Waals surface area contributed by atoms with Gasteiger partial charge in [0.15, 0.2) is 0 Å². The van der Waals surface area contributed by atoms with Gasteiger partial charge in [0.1, 0.15) is 18.3 Å². The molecular formula is C37H56O9. The Morgan fingerprint density at radius 1 is 0.913 bits per heavy atom.